The predicted octanol–water partition coefficient (Wildman–Crippen LogP) is 2.95. The van der Waals surface area contributed by atoms with Crippen LogP contribution in [-0.2, 0) is 0 Å². The van der Waals surface area contributed by atoms with Gasteiger partial charge in [0.15, 0.2) is 5.16 Å². The van der Waals surface area contributed by atoms with E-state index in [9.17, 15) is 4.79 Å². The van der Waals surface area contributed by atoms with Gasteiger partial charge in [0, 0.05) is 24.1 Å². The van der Waals surface area contributed by atoms with Crippen molar-refractivity contribution in [1.82, 2.24) is 15.3 Å². The average molecular weight is 303 g/mol. The lowest BCUT2D eigenvalue weighted by Gasteiger charge is -2.17. The number of benzene rings is 1. The minimum Gasteiger partial charge on any atom is -0.312 e. The molecular weight excluding hydrogens is 282 g/mol. The van der Waals surface area contributed by atoms with Gasteiger partial charge in [0.1, 0.15) is 0 Å². The Morgan fingerprint density at radius 2 is 1.86 bits per heavy atom. The number of nitrogens with zero attached hydrogens (tertiary/aromatic N) is 1. The summed E-state index contributed by atoms with van der Waals surface area (Å²) in [5.41, 5.74) is 2.47. The number of hydrogen-bond acceptors (Lipinski definition) is 4. The summed E-state index contributed by atoms with van der Waals surface area (Å²) in [4.78, 5) is 18.1. The van der Waals surface area contributed by atoms with E-state index in [0.717, 1.165) is 5.75 Å². The largest absolute Gasteiger partial charge is 0.312 e. The second-order valence-corrected chi connectivity index (χ2v) is 6.22. The van der Waals surface area contributed by atoms with Crippen molar-refractivity contribution < 1.29 is 0 Å². The van der Waals surface area contributed by atoms with Gasteiger partial charge in [0.2, 0.25) is 0 Å². The van der Waals surface area contributed by atoms with Gasteiger partial charge in [-0.3, -0.25) is 4.79 Å². The zero-order valence-corrected chi connectivity index (χ0v) is 13.4. The lowest BCUT2D eigenvalue weighted by atomic mass is 10.00. The maximum atomic E-state index is 11.3. The summed E-state index contributed by atoms with van der Waals surface area (Å²) in [6, 6.07) is 10.3. The molecule has 4 nitrogen and oxygen atoms in total. The van der Waals surface area contributed by atoms with Gasteiger partial charge in [-0.1, -0.05) is 49.9 Å². The first-order chi connectivity index (χ1) is 10.1. The van der Waals surface area contributed by atoms with E-state index in [0.29, 0.717) is 11.1 Å². The summed E-state index contributed by atoms with van der Waals surface area (Å²) in [5.74, 6) is 1.35. The quantitative estimate of drug-likeness (QED) is 0.636. The van der Waals surface area contributed by atoms with Gasteiger partial charge in [0.25, 0.3) is 5.56 Å². The van der Waals surface area contributed by atoms with Crippen molar-refractivity contribution in [3.63, 3.8) is 0 Å². The van der Waals surface area contributed by atoms with E-state index in [1.165, 1.54) is 23.4 Å². The summed E-state index contributed by atoms with van der Waals surface area (Å²) in [6.45, 7) is 4.38. The van der Waals surface area contributed by atoms with Crippen LogP contribution in [0, 0.1) is 0 Å². The van der Waals surface area contributed by atoms with Gasteiger partial charge < -0.3 is 10.3 Å². The highest BCUT2D eigenvalue weighted by atomic mass is 32.2. The Morgan fingerprint density at radius 1 is 1.19 bits per heavy atom. The Balaban J connectivity index is 2.04. The van der Waals surface area contributed by atoms with Gasteiger partial charge in [-0.15, -0.1) is 0 Å². The zero-order valence-electron chi connectivity index (χ0n) is 12.6. The normalized spacial score (nSPS) is 12.6. The van der Waals surface area contributed by atoms with Crippen molar-refractivity contribution >= 4 is 11.8 Å². The number of aromatic nitrogens is 2. The molecule has 1 unspecified atom stereocenters. The van der Waals surface area contributed by atoms with E-state index in [1.807, 2.05) is 7.05 Å². The molecule has 1 heterocycles. The van der Waals surface area contributed by atoms with Crippen LogP contribution in [0.1, 0.15) is 36.9 Å². The van der Waals surface area contributed by atoms with E-state index < -0.39 is 0 Å². The summed E-state index contributed by atoms with van der Waals surface area (Å²) in [7, 11) is 1.95. The highest BCUT2D eigenvalue weighted by Crippen LogP contribution is 2.23. The van der Waals surface area contributed by atoms with Crippen molar-refractivity contribution in [2.45, 2.75) is 31.0 Å². The lowest BCUT2D eigenvalue weighted by Crippen LogP contribution is -2.19. The van der Waals surface area contributed by atoms with Crippen LogP contribution in [0.25, 0.3) is 0 Å². The van der Waals surface area contributed by atoms with Gasteiger partial charge in [-0.25, -0.2) is 4.98 Å². The lowest BCUT2D eigenvalue weighted by molar-refractivity contribution is 0.660. The third kappa shape index (κ3) is 4.44. The summed E-state index contributed by atoms with van der Waals surface area (Å²) in [6.07, 6.45) is 1.53. The number of rotatable bonds is 6. The molecule has 2 aromatic rings. The molecule has 0 aliphatic carbocycles. The molecule has 112 valence electrons. The number of thioether (sulfide) groups is 1. The van der Waals surface area contributed by atoms with Crippen LogP contribution in [0.4, 0.5) is 0 Å². The summed E-state index contributed by atoms with van der Waals surface area (Å²) >= 11 is 1.54. The molecule has 0 saturated carbocycles. The van der Waals surface area contributed by atoms with Crippen molar-refractivity contribution in [2.75, 3.05) is 12.8 Å². The minimum absolute atomic E-state index is 0.116. The Hall–Kier alpha value is -1.59. The molecule has 0 spiro atoms. The van der Waals surface area contributed by atoms with E-state index in [-0.39, 0.29) is 11.6 Å². The molecular formula is C16H21N3OS. The third-order valence-electron chi connectivity index (χ3n) is 3.39. The standard InChI is InChI=1S/C16H21N3OS/c1-11(2)12-4-6-13(7-5-12)14(17-3)10-21-16-18-9-8-15(20)19-16/h4-9,11,14,17H,10H2,1-3H3,(H,18,19,20). The molecule has 0 amide bonds. The average Bonchev–Trinajstić information content (AvgIpc) is 2.48. The SMILES string of the molecule is CNC(CSc1nccc(=O)[nH]1)c1ccc(C(C)C)cc1. The maximum absolute atomic E-state index is 11.3. The van der Waals surface area contributed by atoms with Crippen LogP contribution in [0.2, 0.25) is 0 Å². The van der Waals surface area contributed by atoms with Crippen molar-refractivity contribution in [3.8, 4) is 0 Å². The first-order valence-electron chi connectivity index (χ1n) is 7.05. The zero-order chi connectivity index (χ0) is 15.2. The Morgan fingerprint density at radius 3 is 2.43 bits per heavy atom. The highest BCUT2D eigenvalue weighted by molar-refractivity contribution is 7.99. The second kappa shape index (κ2) is 7.43. The molecule has 2 rings (SSSR count). The smallest absolute Gasteiger partial charge is 0.251 e. The molecule has 1 atom stereocenters. The third-order valence-corrected chi connectivity index (χ3v) is 4.37. The highest BCUT2D eigenvalue weighted by Gasteiger charge is 2.11. The molecule has 5 heteroatoms. The Labute approximate surface area is 129 Å². The molecule has 0 aliphatic rings. The maximum Gasteiger partial charge on any atom is 0.251 e. The van der Waals surface area contributed by atoms with E-state index in [4.69, 9.17) is 0 Å². The summed E-state index contributed by atoms with van der Waals surface area (Å²) < 4.78 is 0. The molecule has 0 aliphatic heterocycles. The molecule has 0 fully saturated rings. The molecule has 0 radical (unpaired) electrons. The Kier molecular flexibility index (Phi) is 5.59. The second-order valence-electron chi connectivity index (χ2n) is 5.21. The van der Waals surface area contributed by atoms with Gasteiger partial charge >= 0.3 is 0 Å². The van der Waals surface area contributed by atoms with Crippen LogP contribution >= 0.6 is 11.8 Å². The summed E-state index contributed by atoms with van der Waals surface area (Å²) in [5, 5.41) is 3.97. The monoisotopic (exact) mass is 303 g/mol. The van der Waals surface area contributed by atoms with Crippen molar-refractivity contribution in [2.24, 2.45) is 0 Å². The van der Waals surface area contributed by atoms with Gasteiger partial charge in [0.05, 0.1) is 0 Å². The molecule has 0 bridgehead atoms. The van der Waals surface area contributed by atoms with Gasteiger partial charge in [-0.05, 0) is 24.1 Å². The number of H-pyrrole nitrogens is 1. The first-order valence-corrected chi connectivity index (χ1v) is 8.04. The van der Waals surface area contributed by atoms with Crippen LogP contribution < -0.4 is 10.9 Å². The molecule has 1 aromatic heterocycles. The fourth-order valence-corrected chi connectivity index (χ4v) is 3.04. The van der Waals surface area contributed by atoms with E-state index in [2.05, 4.69) is 53.4 Å². The van der Waals surface area contributed by atoms with E-state index in [1.54, 1.807) is 11.8 Å². The van der Waals surface area contributed by atoms with Crippen LogP contribution in [0.3, 0.4) is 0 Å². The van der Waals surface area contributed by atoms with Crippen molar-refractivity contribution in [3.05, 3.63) is 58.0 Å². The minimum atomic E-state index is -0.116. The van der Waals surface area contributed by atoms with E-state index >= 15 is 0 Å². The van der Waals surface area contributed by atoms with Crippen LogP contribution in [-0.4, -0.2) is 22.8 Å². The topological polar surface area (TPSA) is 57.8 Å². The molecule has 2 N–H and O–H groups in total. The first kappa shape index (κ1) is 15.8. The van der Waals surface area contributed by atoms with Crippen molar-refractivity contribution in [1.29, 1.82) is 0 Å². The number of nitrogens with one attached hydrogen (secondary N) is 2. The molecule has 21 heavy (non-hydrogen) atoms. The molecule has 0 saturated heterocycles. The fourth-order valence-electron chi connectivity index (χ4n) is 2.05. The number of aromatic amines is 1. The van der Waals surface area contributed by atoms with Gasteiger partial charge in [-0.2, -0.15) is 0 Å². The van der Waals surface area contributed by atoms with Crippen LogP contribution in [0.5, 0.6) is 0 Å². The Bertz CT molecular complexity index is 622. The van der Waals surface area contributed by atoms with Crippen LogP contribution in [0.15, 0.2) is 46.5 Å². The molecule has 1 aromatic carbocycles. The predicted molar refractivity (Wildman–Crippen MR) is 87.9 cm³/mol. The fraction of sp³-hybridized carbons (Fsp3) is 0.375. The number of hydrogen-bond donors (Lipinski definition) is 2.